The lowest BCUT2D eigenvalue weighted by Gasteiger charge is -2.04. The minimum absolute atomic E-state index is 0.174. The van der Waals surface area contributed by atoms with Crippen molar-refractivity contribution in [1.82, 2.24) is 9.97 Å². The lowest BCUT2D eigenvalue weighted by Crippen LogP contribution is -2.11. The van der Waals surface area contributed by atoms with Gasteiger partial charge >= 0.3 is 0 Å². The van der Waals surface area contributed by atoms with Crippen molar-refractivity contribution in [3.05, 3.63) is 52.6 Å². The van der Waals surface area contributed by atoms with Gasteiger partial charge in [0.05, 0.1) is 6.33 Å². The predicted octanol–water partition coefficient (Wildman–Crippen LogP) is 1.13. The molecule has 0 saturated carbocycles. The SMILES string of the molecule is O=c1cc(NCCc2ccc(O)cc2)nc[nH]1. The van der Waals surface area contributed by atoms with Crippen molar-refractivity contribution in [2.24, 2.45) is 0 Å². The van der Waals surface area contributed by atoms with Crippen LogP contribution in [0.4, 0.5) is 5.82 Å². The highest BCUT2D eigenvalue weighted by Crippen LogP contribution is 2.10. The van der Waals surface area contributed by atoms with E-state index < -0.39 is 0 Å². The fourth-order valence-electron chi connectivity index (χ4n) is 1.46. The Bertz CT molecular complexity index is 534. The van der Waals surface area contributed by atoms with Crippen molar-refractivity contribution < 1.29 is 5.11 Å². The summed E-state index contributed by atoms with van der Waals surface area (Å²) in [5.41, 5.74) is 0.937. The van der Waals surface area contributed by atoms with E-state index in [0.717, 1.165) is 12.0 Å². The summed E-state index contributed by atoms with van der Waals surface area (Å²) < 4.78 is 0. The summed E-state index contributed by atoms with van der Waals surface area (Å²) in [5, 5.41) is 12.2. The van der Waals surface area contributed by atoms with Crippen LogP contribution >= 0.6 is 0 Å². The van der Waals surface area contributed by atoms with E-state index in [2.05, 4.69) is 15.3 Å². The Morgan fingerprint density at radius 2 is 2.06 bits per heavy atom. The van der Waals surface area contributed by atoms with Gasteiger partial charge in [0.1, 0.15) is 11.6 Å². The molecular formula is C12H13N3O2. The highest BCUT2D eigenvalue weighted by molar-refractivity contribution is 5.32. The van der Waals surface area contributed by atoms with Gasteiger partial charge in [-0.05, 0) is 24.1 Å². The van der Waals surface area contributed by atoms with Gasteiger partial charge < -0.3 is 15.4 Å². The maximum Gasteiger partial charge on any atom is 0.252 e. The van der Waals surface area contributed by atoms with Gasteiger partial charge in [0.15, 0.2) is 0 Å². The summed E-state index contributed by atoms with van der Waals surface area (Å²) in [5.74, 6) is 0.825. The minimum Gasteiger partial charge on any atom is -0.508 e. The fraction of sp³-hybridized carbons (Fsp3) is 0.167. The number of phenolic OH excluding ortho intramolecular Hbond substituents is 1. The summed E-state index contributed by atoms with van der Waals surface area (Å²) in [6, 6.07) is 8.45. The van der Waals surface area contributed by atoms with Crippen LogP contribution in [0, 0.1) is 0 Å². The molecule has 0 atom stereocenters. The van der Waals surface area contributed by atoms with Crippen molar-refractivity contribution >= 4 is 5.82 Å². The third kappa shape index (κ3) is 3.34. The Hall–Kier alpha value is -2.30. The van der Waals surface area contributed by atoms with Crippen LogP contribution in [0.3, 0.4) is 0 Å². The predicted molar refractivity (Wildman–Crippen MR) is 65.2 cm³/mol. The van der Waals surface area contributed by atoms with Crippen LogP contribution in [0.2, 0.25) is 0 Å². The molecule has 1 aromatic carbocycles. The fourth-order valence-corrected chi connectivity index (χ4v) is 1.46. The van der Waals surface area contributed by atoms with Gasteiger partial charge in [-0.25, -0.2) is 4.98 Å². The van der Waals surface area contributed by atoms with Crippen molar-refractivity contribution in [3.63, 3.8) is 0 Å². The average Bonchev–Trinajstić information content (AvgIpc) is 2.32. The molecule has 0 unspecified atom stereocenters. The van der Waals surface area contributed by atoms with Gasteiger partial charge in [0.25, 0.3) is 5.56 Å². The molecule has 3 N–H and O–H groups in total. The maximum atomic E-state index is 11.0. The van der Waals surface area contributed by atoms with Gasteiger partial charge in [-0.15, -0.1) is 0 Å². The van der Waals surface area contributed by atoms with E-state index in [1.54, 1.807) is 12.1 Å². The molecule has 0 aliphatic rings. The van der Waals surface area contributed by atoms with Crippen LogP contribution in [-0.2, 0) is 6.42 Å². The molecule has 2 rings (SSSR count). The van der Waals surface area contributed by atoms with Crippen LogP contribution in [0.1, 0.15) is 5.56 Å². The van der Waals surface area contributed by atoms with Gasteiger partial charge in [0, 0.05) is 12.6 Å². The van der Waals surface area contributed by atoms with Gasteiger partial charge in [-0.3, -0.25) is 4.79 Å². The number of hydrogen-bond acceptors (Lipinski definition) is 4. The van der Waals surface area contributed by atoms with E-state index >= 15 is 0 Å². The zero-order valence-electron chi connectivity index (χ0n) is 9.18. The van der Waals surface area contributed by atoms with E-state index in [4.69, 9.17) is 5.11 Å². The van der Waals surface area contributed by atoms with Gasteiger partial charge in [-0.1, -0.05) is 12.1 Å². The third-order valence-corrected chi connectivity index (χ3v) is 2.33. The molecule has 0 amide bonds. The number of benzene rings is 1. The average molecular weight is 231 g/mol. The molecule has 0 radical (unpaired) electrons. The van der Waals surface area contributed by atoms with E-state index in [1.807, 2.05) is 12.1 Å². The number of aromatic nitrogens is 2. The maximum absolute atomic E-state index is 11.0. The molecule has 2 aromatic rings. The number of hydrogen-bond donors (Lipinski definition) is 3. The summed E-state index contributed by atoms with van der Waals surface area (Å²) in [7, 11) is 0. The van der Waals surface area contributed by atoms with Crippen molar-refractivity contribution in [2.75, 3.05) is 11.9 Å². The van der Waals surface area contributed by atoms with Crippen molar-refractivity contribution in [3.8, 4) is 5.75 Å². The lowest BCUT2D eigenvalue weighted by molar-refractivity contribution is 0.475. The normalized spacial score (nSPS) is 10.1. The minimum atomic E-state index is -0.174. The molecule has 1 aromatic heterocycles. The molecule has 1 heterocycles. The number of H-pyrrole nitrogens is 1. The monoisotopic (exact) mass is 231 g/mol. The van der Waals surface area contributed by atoms with Crippen LogP contribution in [-0.4, -0.2) is 21.6 Å². The molecule has 5 heteroatoms. The third-order valence-electron chi connectivity index (χ3n) is 2.33. The molecule has 17 heavy (non-hydrogen) atoms. The summed E-state index contributed by atoms with van der Waals surface area (Å²) in [4.78, 5) is 17.4. The Kier molecular flexibility index (Phi) is 3.40. The molecule has 0 bridgehead atoms. The number of phenols is 1. The molecule has 0 spiro atoms. The second kappa shape index (κ2) is 5.16. The molecule has 5 nitrogen and oxygen atoms in total. The zero-order chi connectivity index (χ0) is 12.1. The first kappa shape index (κ1) is 11.2. The highest BCUT2D eigenvalue weighted by atomic mass is 16.3. The number of rotatable bonds is 4. The second-order valence-electron chi connectivity index (χ2n) is 3.64. The summed E-state index contributed by atoms with van der Waals surface area (Å²) >= 11 is 0. The molecular weight excluding hydrogens is 218 g/mol. The largest absolute Gasteiger partial charge is 0.508 e. The first-order valence-electron chi connectivity index (χ1n) is 5.30. The molecule has 0 fully saturated rings. The highest BCUT2D eigenvalue weighted by Gasteiger charge is 1.96. The first-order chi connectivity index (χ1) is 8.24. The number of anilines is 1. The van der Waals surface area contributed by atoms with E-state index in [1.165, 1.54) is 12.4 Å². The molecule has 0 aliphatic carbocycles. The smallest absolute Gasteiger partial charge is 0.252 e. The molecule has 0 aliphatic heterocycles. The standard InChI is InChI=1S/C12H13N3O2/c16-10-3-1-9(2-4-10)5-6-13-11-7-12(17)15-8-14-11/h1-4,7-8,16H,5-6H2,(H2,13,14,15,17). The molecule has 0 saturated heterocycles. The van der Waals surface area contributed by atoms with Gasteiger partial charge in [-0.2, -0.15) is 0 Å². The van der Waals surface area contributed by atoms with Crippen molar-refractivity contribution in [1.29, 1.82) is 0 Å². The second-order valence-corrected chi connectivity index (χ2v) is 3.64. The van der Waals surface area contributed by atoms with Crippen molar-refractivity contribution in [2.45, 2.75) is 6.42 Å². The Morgan fingerprint density at radius 1 is 1.29 bits per heavy atom. The van der Waals surface area contributed by atoms with Gasteiger partial charge in [0.2, 0.25) is 0 Å². The van der Waals surface area contributed by atoms with Crippen LogP contribution in [0.5, 0.6) is 5.75 Å². The van der Waals surface area contributed by atoms with E-state index in [0.29, 0.717) is 12.4 Å². The number of nitrogens with zero attached hydrogens (tertiary/aromatic N) is 1. The zero-order valence-corrected chi connectivity index (χ0v) is 9.18. The van der Waals surface area contributed by atoms with Crippen LogP contribution in [0.15, 0.2) is 41.5 Å². The number of nitrogens with one attached hydrogen (secondary N) is 2. The first-order valence-corrected chi connectivity index (χ1v) is 5.30. The Labute approximate surface area is 98.2 Å². The summed E-state index contributed by atoms with van der Waals surface area (Å²) in [6.07, 6.45) is 2.17. The lowest BCUT2D eigenvalue weighted by atomic mass is 10.1. The number of aromatic amines is 1. The topological polar surface area (TPSA) is 78.0 Å². The molecule has 88 valence electrons. The Balaban J connectivity index is 1.87. The van der Waals surface area contributed by atoms with Crippen LogP contribution < -0.4 is 10.9 Å². The van der Waals surface area contributed by atoms with E-state index in [-0.39, 0.29) is 11.3 Å². The summed E-state index contributed by atoms with van der Waals surface area (Å²) in [6.45, 7) is 0.682. The van der Waals surface area contributed by atoms with E-state index in [9.17, 15) is 4.79 Å². The van der Waals surface area contributed by atoms with Crippen LogP contribution in [0.25, 0.3) is 0 Å². The quantitative estimate of drug-likeness (QED) is 0.737. The Morgan fingerprint density at radius 3 is 2.76 bits per heavy atom. The number of aromatic hydroxyl groups is 1.